The molecule has 31 heavy (non-hydrogen) atoms. The largest absolute Gasteiger partial charge is 0.494 e. The second-order valence-electron chi connectivity index (χ2n) is 7.59. The molecule has 0 radical (unpaired) electrons. The smallest absolute Gasteiger partial charge is 0.232 e. The number of hydrogen-bond acceptors (Lipinski definition) is 5. The molecule has 0 bridgehead atoms. The molecule has 2 aromatic carbocycles. The Morgan fingerprint density at radius 3 is 2.74 bits per heavy atom. The molecular formula is C23H23F2N3O3. The van der Waals surface area contributed by atoms with Crippen molar-refractivity contribution in [3.8, 4) is 17.1 Å². The molecular weight excluding hydrogens is 404 g/mol. The van der Waals surface area contributed by atoms with E-state index in [1.165, 1.54) is 17.0 Å². The van der Waals surface area contributed by atoms with E-state index in [-0.39, 0.29) is 30.4 Å². The molecule has 1 aromatic heterocycles. The van der Waals surface area contributed by atoms with Crippen LogP contribution in [0.1, 0.15) is 43.6 Å². The van der Waals surface area contributed by atoms with Crippen molar-refractivity contribution in [2.75, 3.05) is 13.2 Å². The number of aromatic nitrogens is 2. The lowest BCUT2D eigenvalue weighted by Crippen LogP contribution is -2.25. The highest BCUT2D eigenvalue weighted by atomic mass is 19.1. The number of carbonyl (C=O) groups is 1. The van der Waals surface area contributed by atoms with Gasteiger partial charge in [-0.1, -0.05) is 24.6 Å². The van der Waals surface area contributed by atoms with Crippen LogP contribution in [0.25, 0.3) is 11.4 Å². The number of rotatable bonds is 8. The molecule has 3 aromatic rings. The maximum absolute atomic E-state index is 13.9. The van der Waals surface area contributed by atoms with Crippen molar-refractivity contribution in [2.45, 2.75) is 38.6 Å². The zero-order valence-corrected chi connectivity index (χ0v) is 17.2. The predicted octanol–water partition coefficient (Wildman–Crippen LogP) is 4.71. The van der Waals surface area contributed by atoms with Crippen LogP contribution in [0.2, 0.25) is 0 Å². The Bertz CT molecular complexity index is 1050. The van der Waals surface area contributed by atoms with E-state index in [0.717, 1.165) is 30.2 Å². The summed E-state index contributed by atoms with van der Waals surface area (Å²) in [5.74, 6) is -0.134. The summed E-state index contributed by atoms with van der Waals surface area (Å²) in [5.41, 5.74) is 1.05. The highest BCUT2D eigenvalue weighted by Gasteiger charge is 2.34. The van der Waals surface area contributed by atoms with Gasteiger partial charge in [0.25, 0.3) is 0 Å². The Morgan fingerprint density at radius 1 is 1.19 bits per heavy atom. The summed E-state index contributed by atoms with van der Waals surface area (Å²) in [5, 5.41) is 4.04. The third kappa shape index (κ3) is 4.90. The van der Waals surface area contributed by atoms with Crippen molar-refractivity contribution < 1.29 is 22.8 Å². The molecule has 1 aliphatic rings. The van der Waals surface area contributed by atoms with Crippen LogP contribution in [0.15, 0.2) is 47.0 Å². The monoisotopic (exact) mass is 427 g/mol. The number of ether oxygens (including phenoxy) is 1. The molecule has 1 saturated heterocycles. The molecule has 1 unspecified atom stereocenters. The molecule has 0 saturated carbocycles. The van der Waals surface area contributed by atoms with E-state index >= 15 is 0 Å². The van der Waals surface area contributed by atoms with Crippen molar-refractivity contribution >= 4 is 5.91 Å². The Balaban J connectivity index is 1.40. The summed E-state index contributed by atoms with van der Waals surface area (Å²) in [6.45, 7) is 3.19. The number of likely N-dealkylation sites (tertiary alicyclic amines) is 1. The quantitative estimate of drug-likeness (QED) is 0.487. The molecule has 4 rings (SSSR count). The first-order valence-electron chi connectivity index (χ1n) is 10.3. The van der Waals surface area contributed by atoms with Crippen LogP contribution in [-0.2, 0) is 11.3 Å². The maximum Gasteiger partial charge on any atom is 0.232 e. The predicted molar refractivity (Wildman–Crippen MR) is 109 cm³/mol. The molecule has 2 heterocycles. The van der Waals surface area contributed by atoms with E-state index in [0.29, 0.717) is 24.9 Å². The minimum atomic E-state index is -0.668. The molecule has 0 spiro atoms. The summed E-state index contributed by atoms with van der Waals surface area (Å²) in [4.78, 5) is 18.4. The molecule has 1 fully saturated rings. The summed E-state index contributed by atoms with van der Waals surface area (Å²) < 4.78 is 38.1. The van der Waals surface area contributed by atoms with Gasteiger partial charge in [0.2, 0.25) is 17.6 Å². The number of benzene rings is 2. The van der Waals surface area contributed by atoms with Gasteiger partial charge in [-0.25, -0.2) is 8.78 Å². The fourth-order valence-electron chi connectivity index (χ4n) is 3.50. The Kier molecular flexibility index (Phi) is 6.25. The highest BCUT2D eigenvalue weighted by Crippen LogP contribution is 2.30. The topological polar surface area (TPSA) is 68.5 Å². The van der Waals surface area contributed by atoms with Crippen LogP contribution in [0, 0.1) is 11.6 Å². The van der Waals surface area contributed by atoms with Gasteiger partial charge in [-0.05, 0) is 36.8 Å². The number of nitrogens with zero attached hydrogens (tertiary/aromatic N) is 3. The molecule has 1 atom stereocenters. The van der Waals surface area contributed by atoms with Crippen molar-refractivity contribution in [1.82, 2.24) is 15.0 Å². The number of hydrogen-bond donors (Lipinski definition) is 0. The number of carbonyl (C=O) groups excluding carboxylic acids is 1. The highest BCUT2D eigenvalue weighted by molar-refractivity contribution is 5.79. The van der Waals surface area contributed by atoms with E-state index in [9.17, 15) is 13.6 Å². The average Bonchev–Trinajstić information content (AvgIpc) is 3.38. The lowest BCUT2D eigenvalue weighted by molar-refractivity contribution is -0.128. The minimum absolute atomic E-state index is 0.0714. The maximum atomic E-state index is 13.9. The number of halogens is 2. The molecule has 162 valence electrons. The van der Waals surface area contributed by atoms with Crippen LogP contribution in [-0.4, -0.2) is 34.1 Å². The first-order valence-corrected chi connectivity index (χ1v) is 10.3. The van der Waals surface area contributed by atoms with E-state index in [1.54, 1.807) is 0 Å². The first kappa shape index (κ1) is 21.0. The first-order chi connectivity index (χ1) is 15.0. The summed E-state index contributed by atoms with van der Waals surface area (Å²) in [6, 6.07) is 10.8. The van der Waals surface area contributed by atoms with Crippen LogP contribution >= 0.6 is 0 Å². The standard InChI is InChI=1S/C23H23F2N3O3/c1-2-3-10-30-19-8-5-15(6-9-19)22-26-23(31-27-22)17-11-21(29)28(14-17)13-16-4-7-18(24)12-20(16)25/h4-9,12,17H,2-3,10-11,13-14H2,1H3. The second-order valence-corrected chi connectivity index (χ2v) is 7.59. The van der Waals surface area contributed by atoms with E-state index < -0.39 is 11.6 Å². The van der Waals surface area contributed by atoms with E-state index in [2.05, 4.69) is 17.1 Å². The lowest BCUT2D eigenvalue weighted by atomic mass is 10.1. The van der Waals surface area contributed by atoms with Gasteiger partial charge in [0.05, 0.1) is 12.5 Å². The lowest BCUT2D eigenvalue weighted by Gasteiger charge is -2.16. The van der Waals surface area contributed by atoms with Crippen molar-refractivity contribution in [3.05, 3.63) is 65.6 Å². The van der Waals surface area contributed by atoms with Crippen molar-refractivity contribution in [1.29, 1.82) is 0 Å². The van der Waals surface area contributed by atoms with Gasteiger partial charge in [-0.2, -0.15) is 4.98 Å². The summed E-state index contributed by atoms with van der Waals surface area (Å²) >= 11 is 0. The van der Waals surface area contributed by atoms with Crippen LogP contribution in [0.5, 0.6) is 5.75 Å². The number of amides is 1. The third-order valence-corrected chi connectivity index (χ3v) is 5.26. The Labute approximate surface area is 178 Å². The third-order valence-electron chi connectivity index (χ3n) is 5.26. The van der Waals surface area contributed by atoms with Crippen molar-refractivity contribution in [2.24, 2.45) is 0 Å². The average molecular weight is 427 g/mol. The van der Waals surface area contributed by atoms with E-state index in [4.69, 9.17) is 9.26 Å². The molecule has 6 nitrogen and oxygen atoms in total. The Hall–Kier alpha value is -3.29. The van der Waals surface area contributed by atoms with E-state index in [1.807, 2.05) is 24.3 Å². The molecule has 0 aliphatic carbocycles. The summed E-state index contributed by atoms with van der Waals surface area (Å²) in [7, 11) is 0. The zero-order chi connectivity index (χ0) is 21.8. The molecule has 0 N–H and O–H groups in total. The van der Waals surface area contributed by atoms with Crippen LogP contribution in [0.3, 0.4) is 0 Å². The molecule has 1 amide bonds. The van der Waals surface area contributed by atoms with Crippen molar-refractivity contribution in [3.63, 3.8) is 0 Å². The van der Waals surface area contributed by atoms with Gasteiger partial charge in [0.1, 0.15) is 17.4 Å². The number of unbranched alkanes of at least 4 members (excludes halogenated alkanes) is 1. The van der Waals surface area contributed by atoms with Gasteiger partial charge in [-0.3, -0.25) is 4.79 Å². The Morgan fingerprint density at radius 2 is 2.00 bits per heavy atom. The van der Waals surface area contributed by atoms with Gasteiger partial charge in [0.15, 0.2) is 0 Å². The zero-order valence-electron chi connectivity index (χ0n) is 17.2. The van der Waals surface area contributed by atoms with Crippen LogP contribution in [0.4, 0.5) is 8.78 Å². The minimum Gasteiger partial charge on any atom is -0.494 e. The van der Waals surface area contributed by atoms with Gasteiger partial charge in [0, 0.05) is 36.7 Å². The fraction of sp³-hybridized carbons (Fsp3) is 0.348. The van der Waals surface area contributed by atoms with Gasteiger partial charge < -0.3 is 14.2 Å². The summed E-state index contributed by atoms with van der Waals surface area (Å²) in [6.07, 6.45) is 2.28. The normalized spacial score (nSPS) is 16.2. The molecule has 1 aliphatic heterocycles. The van der Waals surface area contributed by atoms with Gasteiger partial charge >= 0.3 is 0 Å². The molecule has 8 heteroatoms. The second kappa shape index (κ2) is 9.24. The fourth-order valence-corrected chi connectivity index (χ4v) is 3.50. The SMILES string of the molecule is CCCCOc1ccc(-c2noc(C3CC(=O)N(Cc4ccc(F)cc4F)C3)n2)cc1. The van der Waals surface area contributed by atoms with Crippen LogP contribution < -0.4 is 4.74 Å². The van der Waals surface area contributed by atoms with Gasteiger partial charge in [-0.15, -0.1) is 0 Å².